The molecule has 1 amide bonds. The molecule has 0 spiro atoms. The van der Waals surface area contributed by atoms with Gasteiger partial charge in [0.25, 0.3) is 5.91 Å². The molecule has 2 bridgehead atoms. The number of sulfone groups is 1. The summed E-state index contributed by atoms with van der Waals surface area (Å²) in [7, 11) is -4.04. The predicted octanol–water partition coefficient (Wildman–Crippen LogP) is 5.00. The summed E-state index contributed by atoms with van der Waals surface area (Å²) in [6.45, 7) is 1.79. The number of amides is 1. The van der Waals surface area contributed by atoms with E-state index in [9.17, 15) is 32.2 Å². The van der Waals surface area contributed by atoms with Gasteiger partial charge in [0.05, 0.1) is 20.9 Å². The van der Waals surface area contributed by atoms with Crippen LogP contribution in [0.4, 0.5) is 14.5 Å². The number of aliphatic hydroxyl groups excluding tert-OH is 1. The van der Waals surface area contributed by atoms with Gasteiger partial charge in [0, 0.05) is 23.0 Å². The predicted molar refractivity (Wildman–Crippen MR) is 141 cm³/mol. The fourth-order valence-electron chi connectivity index (χ4n) is 6.01. The third-order valence-corrected chi connectivity index (χ3v) is 10.7. The number of carbonyl (C=O) groups excluding carboxylic acids is 1. The number of anilines is 1. The van der Waals surface area contributed by atoms with Crippen molar-refractivity contribution in [3.05, 3.63) is 88.2 Å². The molecule has 1 heterocycles. The zero-order chi connectivity index (χ0) is 28.1. The summed E-state index contributed by atoms with van der Waals surface area (Å²) < 4.78 is 54.3. The standard InChI is InChI=1S/C28H27ClF2N2O5S/c1-15-3-2-4-24(32-15)26(34)28(36)17-6-7-18(28)13-20(12-17)39(37,38)25-11-16(5-9-21(25)29)27(35)33-19-8-10-22(30)23(31)14-19/h2-5,8-11,14,17-18,20,26,34,36H,6-7,12-13H2,1H3,(H,33,35)/t17-,18?,20-,26?,28-/m0/s1. The fraction of sp³-hybridized carbons (Fsp3) is 0.357. The first-order valence-electron chi connectivity index (χ1n) is 12.5. The quantitative estimate of drug-likeness (QED) is 0.380. The molecule has 2 fully saturated rings. The molecule has 2 unspecified atom stereocenters. The number of aliphatic hydroxyl groups is 2. The number of fused-ring (bicyclic) bond motifs is 2. The number of hydrogen-bond donors (Lipinski definition) is 3. The van der Waals surface area contributed by atoms with E-state index in [1.807, 2.05) is 0 Å². The van der Waals surface area contributed by atoms with Crippen molar-refractivity contribution in [2.24, 2.45) is 11.8 Å². The smallest absolute Gasteiger partial charge is 0.255 e. The zero-order valence-electron chi connectivity index (χ0n) is 20.9. The van der Waals surface area contributed by atoms with Crippen molar-refractivity contribution in [2.45, 2.75) is 54.5 Å². The third kappa shape index (κ3) is 4.95. The summed E-state index contributed by atoms with van der Waals surface area (Å²) in [4.78, 5) is 16.9. The van der Waals surface area contributed by atoms with Gasteiger partial charge in [0.2, 0.25) is 0 Å². The minimum atomic E-state index is -4.04. The van der Waals surface area contributed by atoms with E-state index in [2.05, 4.69) is 10.3 Å². The van der Waals surface area contributed by atoms with Crippen LogP contribution in [0.15, 0.2) is 59.5 Å². The van der Waals surface area contributed by atoms with Crippen LogP contribution in [-0.4, -0.2) is 40.4 Å². The van der Waals surface area contributed by atoms with Crippen molar-refractivity contribution < 1.29 is 32.2 Å². The molecular weight excluding hydrogens is 550 g/mol. The van der Waals surface area contributed by atoms with Crippen molar-refractivity contribution in [3.63, 3.8) is 0 Å². The lowest BCUT2D eigenvalue weighted by Crippen LogP contribution is -2.52. The van der Waals surface area contributed by atoms with E-state index in [0.29, 0.717) is 24.2 Å². The lowest BCUT2D eigenvalue weighted by atomic mass is 9.70. The van der Waals surface area contributed by atoms with Crippen molar-refractivity contribution in [2.75, 3.05) is 5.32 Å². The van der Waals surface area contributed by atoms with E-state index in [0.717, 1.165) is 12.1 Å². The third-order valence-electron chi connectivity index (χ3n) is 8.01. The van der Waals surface area contributed by atoms with Crippen LogP contribution < -0.4 is 5.32 Å². The Morgan fingerprint density at radius 3 is 2.41 bits per heavy atom. The Morgan fingerprint density at radius 2 is 1.77 bits per heavy atom. The van der Waals surface area contributed by atoms with Crippen molar-refractivity contribution in [3.8, 4) is 0 Å². The molecule has 2 aliphatic carbocycles. The summed E-state index contributed by atoms with van der Waals surface area (Å²) in [5.74, 6) is -3.88. The Morgan fingerprint density at radius 1 is 1.08 bits per heavy atom. The van der Waals surface area contributed by atoms with Crippen molar-refractivity contribution in [1.29, 1.82) is 0 Å². The molecule has 0 saturated heterocycles. The Hall–Kier alpha value is -2.92. The van der Waals surface area contributed by atoms with E-state index in [4.69, 9.17) is 11.6 Å². The number of aromatic nitrogens is 1. The first kappa shape index (κ1) is 27.6. The number of halogens is 3. The molecule has 206 valence electrons. The van der Waals surface area contributed by atoms with Crippen LogP contribution in [0.25, 0.3) is 0 Å². The molecule has 5 rings (SSSR count). The molecule has 11 heteroatoms. The van der Waals surface area contributed by atoms with Crippen LogP contribution in [0.1, 0.15) is 53.5 Å². The highest BCUT2D eigenvalue weighted by atomic mass is 35.5. The SMILES string of the molecule is Cc1cccc(C(O)[C@@]2(O)C3CC[C@H]2C[C@H](S(=O)(=O)c2cc(C(=O)Nc4ccc(F)c(F)c4)ccc2Cl)C3)n1. The summed E-state index contributed by atoms with van der Waals surface area (Å²) in [6, 6.07) is 11.9. The van der Waals surface area contributed by atoms with Gasteiger partial charge < -0.3 is 15.5 Å². The van der Waals surface area contributed by atoms with Gasteiger partial charge in [-0.2, -0.15) is 0 Å². The average Bonchev–Trinajstić information content (AvgIpc) is 3.05. The summed E-state index contributed by atoms with van der Waals surface area (Å²) in [6.07, 6.45) is 0.0751. The monoisotopic (exact) mass is 576 g/mol. The maximum absolute atomic E-state index is 13.8. The van der Waals surface area contributed by atoms with Gasteiger partial charge in [0.15, 0.2) is 21.5 Å². The Bertz CT molecular complexity index is 1540. The highest BCUT2D eigenvalue weighted by Gasteiger charge is 2.59. The van der Waals surface area contributed by atoms with Crippen LogP contribution >= 0.6 is 11.6 Å². The van der Waals surface area contributed by atoms with E-state index in [1.165, 1.54) is 24.3 Å². The van der Waals surface area contributed by atoms with Gasteiger partial charge in [-0.3, -0.25) is 9.78 Å². The van der Waals surface area contributed by atoms with Crippen LogP contribution in [0.2, 0.25) is 5.02 Å². The fourth-order valence-corrected chi connectivity index (χ4v) is 8.42. The molecule has 39 heavy (non-hydrogen) atoms. The maximum Gasteiger partial charge on any atom is 0.255 e. The molecular formula is C28H27ClF2N2O5S. The summed E-state index contributed by atoms with van der Waals surface area (Å²) in [5, 5.41) is 24.3. The maximum atomic E-state index is 13.8. The number of nitrogens with zero attached hydrogens (tertiary/aromatic N) is 1. The second-order valence-electron chi connectivity index (χ2n) is 10.3. The first-order chi connectivity index (χ1) is 18.4. The van der Waals surface area contributed by atoms with Gasteiger partial charge in [0.1, 0.15) is 11.7 Å². The highest BCUT2D eigenvalue weighted by molar-refractivity contribution is 7.92. The number of aryl methyl sites for hydroxylation is 1. The van der Waals surface area contributed by atoms with E-state index in [1.54, 1.807) is 25.1 Å². The Labute approximate surface area is 229 Å². The lowest BCUT2D eigenvalue weighted by molar-refractivity contribution is -0.145. The molecule has 2 aliphatic rings. The van der Waals surface area contributed by atoms with E-state index < -0.39 is 56.2 Å². The zero-order valence-corrected chi connectivity index (χ0v) is 22.5. The van der Waals surface area contributed by atoms with Crippen molar-refractivity contribution in [1.82, 2.24) is 4.98 Å². The van der Waals surface area contributed by atoms with Crippen LogP contribution in [0.3, 0.4) is 0 Å². The number of pyridine rings is 1. The van der Waals surface area contributed by atoms with Crippen molar-refractivity contribution >= 4 is 33.0 Å². The van der Waals surface area contributed by atoms with Gasteiger partial charge in [-0.15, -0.1) is 0 Å². The summed E-state index contributed by atoms with van der Waals surface area (Å²) >= 11 is 6.29. The van der Waals surface area contributed by atoms with Gasteiger partial charge in [-0.05, 0) is 86.9 Å². The molecule has 5 atom stereocenters. The van der Waals surface area contributed by atoms with E-state index in [-0.39, 0.29) is 34.0 Å². The number of carbonyl (C=O) groups is 1. The number of rotatable bonds is 6. The minimum Gasteiger partial charge on any atom is -0.386 e. The lowest BCUT2D eigenvalue weighted by Gasteiger charge is -2.45. The highest BCUT2D eigenvalue weighted by Crippen LogP contribution is 2.56. The molecule has 0 radical (unpaired) electrons. The Kier molecular flexibility index (Phi) is 7.26. The molecule has 0 aliphatic heterocycles. The Balaban J connectivity index is 1.39. The second-order valence-corrected chi connectivity index (χ2v) is 12.9. The van der Waals surface area contributed by atoms with Gasteiger partial charge in [-0.25, -0.2) is 17.2 Å². The number of nitrogens with one attached hydrogen (secondary N) is 1. The van der Waals surface area contributed by atoms with Crippen LogP contribution in [0, 0.1) is 30.4 Å². The van der Waals surface area contributed by atoms with Gasteiger partial charge in [-0.1, -0.05) is 17.7 Å². The number of hydrogen-bond acceptors (Lipinski definition) is 6. The molecule has 2 aromatic carbocycles. The molecule has 1 aromatic heterocycles. The topological polar surface area (TPSA) is 117 Å². The molecule has 2 saturated carbocycles. The van der Waals surface area contributed by atoms with Crippen LogP contribution in [-0.2, 0) is 9.84 Å². The normalized spacial score (nSPS) is 25.3. The van der Waals surface area contributed by atoms with Crippen LogP contribution in [0.5, 0.6) is 0 Å². The minimum absolute atomic E-state index is 0.00283. The molecule has 3 aromatic rings. The first-order valence-corrected chi connectivity index (χ1v) is 14.5. The largest absolute Gasteiger partial charge is 0.386 e. The van der Waals surface area contributed by atoms with Gasteiger partial charge >= 0.3 is 0 Å². The molecule has 3 N–H and O–H groups in total. The average molecular weight is 577 g/mol. The summed E-state index contributed by atoms with van der Waals surface area (Å²) in [5.41, 5.74) is -0.495. The second kappa shape index (κ2) is 10.2. The number of benzene rings is 2. The van der Waals surface area contributed by atoms with E-state index >= 15 is 0 Å². The molecule has 7 nitrogen and oxygen atoms in total.